The lowest BCUT2D eigenvalue weighted by atomic mass is 10.1. The summed E-state index contributed by atoms with van der Waals surface area (Å²) in [4.78, 5) is 11.3. The quantitative estimate of drug-likeness (QED) is 0.730. The third kappa shape index (κ3) is 4.83. The number of rotatable bonds is 7. The van der Waals surface area contributed by atoms with Crippen molar-refractivity contribution in [3.05, 3.63) is 69.9 Å². The Morgan fingerprint density at radius 2 is 2.19 bits per heavy atom. The zero-order chi connectivity index (χ0) is 19.4. The molecule has 27 heavy (non-hydrogen) atoms. The monoisotopic (exact) mass is 404 g/mol. The van der Waals surface area contributed by atoms with Gasteiger partial charge in [-0.15, -0.1) is 11.8 Å². The average molecular weight is 405 g/mol. The van der Waals surface area contributed by atoms with Gasteiger partial charge in [0, 0.05) is 10.8 Å². The number of nitrogens with zero attached hydrogens (tertiary/aromatic N) is 2. The lowest BCUT2D eigenvalue weighted by molar-refractivity contribution is -0.162. The molecular weight excluding hydrogens is 384 g/mol. The molecule has 1 aliphatic rings. The van der Waals surface area contributed by atoms with Gasteiger partial charge in [-0.3, -0.25) is 4.68 Å². The van der Waals surface area contributed by atoms with E-state index in [0.29, 0.717) is 17.3 Å². The third-order valence-electron chi connectivity index (χ3n) is 4.24. The van der Waals surface area contributed by atoms with Crippen LogP contribution in [0.5, 0.6) is 0 Å². The summed E-state index contributed by atoms with van der Waals surface area (Å²) >= 11 is 8.04. The number of carbonyl (C=O) groups is 1. The molecule has 1 aromatic heterocycles. The van der Waals surface area contributed by atoms with E-state index in [-0.39, 0.29) is 6.61 Å². The first kappa shape index (κ1) is 19.7. The van der Waals surface area contributed by atoms with Crippen LogP contribution in [0.4, 0.5) is 0 Å². The second kappa shape index (κ2) is 8.33. The fourth-order valence-corrected chi connectivity index (χ4v) is 3.49. The van der Waals surface area contributed by atoms with Crippen molar-refractivity contribution in [2.24, 2.45) is 0 Å². The Bertz CT molecular complexity index is 902. The first-order valence-corrected chi connectivity index (χ1v) is 9.94. The molecule has 1 N–H and O–H groups in total. The van der Waals surface area contributed by atoms with E-state index < -0.39 is 11.6 Å². The van der Waals surface area contributed by atoms with E-state index in [0.717, 1.165) is 22.6 Å². The van der Waals surface area contributed by atoms with Crippen molar-refractivity contribution in [2.75, 3.05) is 5.75 Å². The maximum Gasteiger partial charge on any atom is 0.335 e. The Hall–Kier alpha value is -2.02. The van der Waals surface area contributed by atoms with Crippen molar-refractivity contribution >= 4 is 34.9 Å². The number of carboxylic acid groups (broad SMARTS) is 1. The standard InChI is InChI=1S/C20H21ClN2O3S/c1-20(2,19(24)25)26-12-16-10-18(15-7-5-9-27-13-15)23(22-16)11-14-6-3-4-8-17(14)21/h3-10H,11-13H2,1-2H3,(H,24,25). The summed E-state index contributed by atoms with van der Waals surface area (Å²) in [5.74, 6) is -0.152. The van der Waals surface area contributed by atoms with Crippen molar-refractivity contribution in [1.29, 1.82) is 0 Å². The summed E-state index contributed by atoms with van der Waals surface area (Å²) in [6.07, 6.45) is 4.09. The van der Waals surface area contributed by atoms with Gasteiger partial charge in [-0.1, -0.05) is 42.0 Å². The van der Waals surface area contributed by atoms with E-state index in [1.54, 1.807) is 11.8 Å². The van der Waals surface area contributed by atoms with Crippen LogP contribution in [0.25, 0.3) is 5.57 Å². The highest BCUT2D eigenvalue weighted by molar-refractivity contribution is 8.02. The molecule has 5 nitrogen and oxygen atoms in total. The number of halogens is 1. The molecule has 3 rings (SSSR count). The van der Waals surface area contributed by atoms with Gasteiger partial charge in [-0.05, 0) is 42.5 Å². The highest BCUT2D eigenvalue weighted by Crippen LogP contribution is 2.27. The molecule has 0 unspecified atom stereocenters. The second-order valence-corrected chi connectivity index (χ2v) is 8.01. The van der Waals surface area contributed by atoms with E-state index in [4.69, 9.17) is 16.3 Å². The van der Waals surface area contributed by atoms with Gasteiger partial charge in [0.15, 0.2) is 5.60 Å². The van der Waals surface area contributed by atoms with E-state index in [1.165, 1.54) is 13.8 Å². The van der Waals surface area contributed by atoms with E-state index >= 15 is 0 Å². The molecule has 2 aromatic rings. The van der Waals surface area contributed by atoms with Gasteiger partial charge in [0.1, 0.15) is 0 Å². The molecule has 0 atom stereocenters. The number of aliphatic carboxylic acids is 1. The number of benzene rings is 1. The van der Waals surface area contributed by atoms with Gasteiger partial charge < -0.3 is 9.84 Å². The summed E-state index contributed by atoms with van der Waals surface area (Å²) in [6, 6.07) is 9.64. The first-order chi connectivity index (χ1) is 12.9. The van der Waals surface area contributed by atoms with E-state index in [1.807, 2.05) is 41.1 Å². The number of ether oxygens (including phenoxy) is 1. The normalized spacial score (nSPS) is 14.3. The van der Waals surface area contributed by atoms with Crippen molar-refractivity contribution in [3.63, 3.8) is 0 Å². The van der Waals surface area contributed by atoms with Gasteiger partial charge in [0.25, 0.3) is 0 Å². The van der Waals surface area contributed by atoms with Gasteiger partial charge in [-0.2, -0.15) is 5.10 Å². The summed E-state index contributed by atoms with van der Waals surface area (Å²) in [7, 11) is 0. The van der Waals surface area contributed by atoms with Crippen molar-refractivity contribution in [3.8, 4) is 0 Å². The van der Waals surface area contributed by atoms with Crippen LogP contribution in [-0.4, -0.2) is 32.2 Å². The maximum absolute atomic E-state index is 11.3. The molecule has 0 radical (unpaired) electrons. The predicted molar refractivity (Wildman–Crippen MR) is 109 cm³/mol. The van der Waals surface area contributed by atoms with E-state index in [2.05, 4.69) is 16.6 Å². The Morgan fingerprint density at radius 3 is 2.85 bits per heavy atom. The van der Waals surface area contributed by atoms with Crippen LogP contribution in [-0.2, 0) is 22.7 Å². The molecule has 0 spiro atoms. The Labute approximate surface area is 167 Å². The maximum atomic E-state index is 11.3. The third-order valence-corrected chi connectivity index (χ3v) is 5.44. The summed E-state index contributed by atoms with van der Waals surface area (Å²) in [5.41, 5.74) is 2.53. The number of carboxylic acids is 1. The van der Waals surface area contributed by atoms with Gasteiger partial charge in [0.05, 0.1) is 24.5 Å². The zero-order valence-electron chi connectivity index (χ0n) is 15.2. The molecule has 142 valence electrons. The fraction of sp³-hybridized carbons (Fsp3) is 0.300. The lowest BCUT2D eigenvalue weighted by Crippen LogP contribution is -2.34. The number of allylic oxidation sites excluding steroid dienone is 2. The SMILES string of the molecule is CC(C)(OCc1cc(C2=CC=CSC2)n(Cc2ccccc2Cl)n1)C(=O)O. The number of hydrogen-bond donors (Lipinski definition) is 1. The van der Waals surface area contributed by atoms with E-state index in [9.17, 15) is 9.90 Å². The first-order valence-electron chi connectivity index (χ1n) is 8.52. The molecule has 0 amide bonds. The second-order valence-electron chi connectivity index (χ2n) is 6.71. The Balaban J connectivity index is 1.89. The van der Waals surface area contributed by atoms with Crippen LogP contribution < -0.4 is 0 Å². The minimum absolute atomic E-state index is 0.123. The largest absolute Gasteiger partial charge is 0.479 e. The number of hydrogen-bond acceptors (Lipinski definition) is 4. The van der Waals surface area contributed by atoms with Crippen LogP contribution in [0.2, 0.25) is 5.02 Å². The summed E-state index contributed by atoms with van der Waals surface area (Å²) in [5, 5.41) is 16.6. The van der Waals surface area contributed by atoms with Gasteiger partial charge >= 0.3 is 5.97 Å². The minimum Gasteiger partial charge on any atom is -0.479 e. The topological polar surface area (TPSA) is 64.4 Å². The predicted octanol–water partition coefficient (Wildman–Crippen LogP) is 4.61. The molecular formula is C20H21ClN2O3S. The van der Waals surface area contributed by atoms with Crippen LogP contribution >= 0.6 is 23.4 Å². The highest BCUT2D eigenvalue weighted by atomic mass is 35.5. The molecule has 7 heteroatoms. The van der Waals surface area contributed by atoms with Crippen LogP contribution in [0.1, 0.15) is 30.8 Å². The van der Waals surface area contributed by atoms with Crippen LogP contribution in [0.3, 0.4) is 0 Å². The van der Waals surface area contributed by atoms with Crippen molar-refractivity contribution in [1.82, 2.24) is 9.78 Å². The number of aromatic nitrogens is 2. The molecule has 0 aliphatic carbocycles. The molecule has 1 aliphatic heterocycles. The fourth-order valence-electron chi connectivity index (χ4n) is 2.58. The molecule has 0 fully saturated rings. The highest BCUT2D eigenvalue weighted by Gasteiger charge is 2.28. The summed E-state index contributed by atoms with van der Waals surface area (Å²) < 4.78 is 7.47. The van der Waals surface area contributed by atoms with Crippen molar-refractivity contribution in [2.45, 2.75) is 32.6 Å². The average Bonchev–Trinajstić information content (AvgIpc) is 3.05. The Kier molecular flexibility index (Phi) is 6.09. The molecule has 0 saturated heterocycles. The van der Waals surface area contributed by atoms with Gasteiger partial charge in [-0.25, -0.2) is 4.79 Å². The van der Waals surface area contributed by atoms with Crippen LogP contribution in [0.15, 0.2) is 47.9 Å². The molecule has 1 aromatic carbocycles. The lowest BCUT2D eigenvalue weighted by Gasteiger charge is -2.19. The smallest absolute Gasteiger partial charge is 0.335 e. The summed E-state index contributed by atoms with van der Waals surface area (Å²) in [6.45, 7) is 3.71. The van der Waals surface area contributed by atoms with Crippen molar-refractivity contribution < 1.29 is 14.6 Å². The van der Waals surface area contributed by atoms with Gasteiger partial charge in [0.2, 0.25) is 0 Å². The molecule has 0 saturated carbocycles. The number of thioether (sulfide) groups is 1. The Morgan fingerprint density at radius 1 is 1.41 bits per heavy atom. The molecule has 0 bridgehead atoms. The van der Waals surface area contributed by atoms with Crippen LogP contribution in [0, 0.1) is 0 Å². The zero-order valence-corrected chi connectivity index (χ0v) is 16.8. The minimum atomic E-state index is -1.27. The molecule has 2 heterocycles.